The molecule has 1 aromatic rings. The number of rotatable bonds is 6. The highest BCUT2D eigenvalue weighted by molar-refractivity contribution is 5.93. The summed E-state index contributed by atoms with van der Waals surface area (Å²) in [5.74, 6) is 0.447. The van der Waals surface area contributed by atoms with Crippen molar-refractivity contribution in [3.8, 4) is 0 Å². The highest BCUT2D eigenvalue weighted by Crippen LogP contribution is 2.27. The molecule has 0 aromatic carbocycles. The van der Waals surface area contributed by atoms with Gasteiger partial charge in [0, 0.05) is 52.3 Å². The van der Waals surface area contributed by atoms with Crippen LogP contribution >= 0.6 is 0 Å². The van der Waals surface area contributed by atoms with Crippen molar-refractivity contribution < 1.29 is 14.6 Å². The molecule has 2 aliphatic heterocycles. The number of likely N-dealkylation sites (tertiary alicyclic amines) is 1. The Bertz CT molecular complexity index is 637. The second-order valence-corrected chi connectivity index (χ2v) is 8.28. The molecule has 3 rings (SSSR count). The zero-order valence-corrected chi connectivity index (χ0v) is 17.1. The summed E-state index contributed by atoms with van der Waals surface area (Å²) in [4.78, 5) is 17.4. The second-order valence-electron chi connectivity index (χ2n) is 8.28. The van der Waals surface area contributed by atoms with Crippen LogP contribution in [-0.2, 0) is 18.2 Å². The zero-order valence-electron chi connectivity index (χ0n) is 17.1. The van der Waals surface area contributed by atoms with Gasteiger partial charge in [0.05, 0.1) is 17.9 Å². The Kier molecular flexibility index (Phi) is 6.55. The summed E-state index contributed by atoms with van der Waals surface area (Å²) in [6.07, 6.45) is 2.36. The van der Waals surface area contributed by atoms with Crippen molar-refractivity contribution in [3.05, 3.63) is 17.5 Å². The molecule has 7 nitrogen and oxygen atoms in total. The Morgan fingerprint density at radius 2 is 1.89 bits per heavy atom. The van der Waals surface area contributed by atoms with E-state index < -0.39 is 0 Å². The minimum Gasteiger partial charge on any atom is -0.396 e. The minimum absolute atomic E-state index is 0.0250. The normalized spacial score (nSPS) is 29.4. The van der Waals surface area contributed by atoms with Gasteiger partial charge in [-0.1, -0.05) is 13.3 Å². The van der Waals surface area contributed by atoms with Crippen molar-refractivity contribution in [3.63, 3.8) is 0 Å². The summed E-state index contributed by atoms with van der Waals surface area (Å²) in [5, 5.41) is 14.3. The first kappa shape index (κ1) is 20.3. The van der Waals surface area contributed by atoms with Crippen molar-refractivity contribution in [1.82, 2.24) is 19.6 Å². The molecule has 1 N–H and O–H groups in total. The fraction of sp³-hybridized carbons (Fsp3) is 0.800. The number of aliphatic hydroxyl groups excluding tert-OH is 1. The molecular weight excluding hydrogens is 344 g/mol. The van der Waals surface area contributed by atoms with Crippen molar-refractivity contribution in [1.29, 1.82) is 0 Å². The molecule has 2 fully saturated rings. The van der Waals surface area contributed by atoms with Gasteiger partial charge in [-0.25, -0.2) is 0 Å². The molecule has 152 valence electrons. The van der Waals surface area contributed by atoms with Crippen molar-refractivity contribution >= 4 is 5.91 Å². The maximum Gasteiger partial charge on any atom is 0.272 e. The number of aryl methyl sites for hydroxylation is 2. The van der Waals surface area contributed by atoms with Crippen LogP contribution in [-0.4, -0.2) is 82.1 Å². The van der Waals surface area contributed by atoms with Crippen LogP contribution in [0.3, 0.4) is 0 Å². The predicted octanol–water partition coefficient (Wildman–Crippen LogP) is 1.16. The molecule has 0 spiro atoms. The molecular formula is C20H34N4O3. The van der Waals surface area contributed by atoms with E-state index >= 15 is 0 Å². The molecule has 0 aliphatic carbocycles. The molecule has 3 heterocycles. The smallest absolute Gasteiger partial charge is 0.272 e. The Hall–Kier alpha value is -1.44. The average molecular weight is 379 g/mol. The summed E-state index contributed by atoms with van der Waals surface area (Å²) in [7, 11) is 1.83. The number of aromatic nitrogens is 2. The van der Waals surface area contributed by atoms with Gasteiger partial charge in [0.25, 0.3) is 5.91 Å². The van der Waals surface area contributed by atoms with E-state index in [0.29, 0.717) is 24.7 Å². The van der Waals surface area contributed by atoms with Gasteiger partial charge in [-0.15, -0.1) is 0 Å². The maximum atomic E-state index is 13.0. The Morgan fingerprint density at radius 1 is 1.22 bits per heavy atom. The van der Waals surface area contributed by atoms with E-state index in [1.54, 1.807) is 4.68 Å². The fourth-order valence-corrected chi connectivity index (χ4v) is 4.55. The van der Waals surface area contributed by atoms with Gasteiger partial charge in [-0.05, 0) is 32.3 Å². The zero-order chi connectivity index (χ0) is 19.6. The molecule has 0 bridgehead atoms. The van der Waals surface area contributed by atoms with Crippen LogP contribution in [0, 0.1) is 11.8 Å². The molecule has 2 aliphatic rings. The monoisotopic (exact) mass is 378 g/mol. The number of nitrogens with zero attached hydrogens (tertiary/aromatic N) is 4. The molecule has 0 saturated carbocycles. The van der Waals surface area contributed by atoms with Gasteiger partial charge in [-0.2, -0.15) is 5.10 Å². The van der Waals surface area contributed by atoms with Gasteiger partial charge in [0.2, 0.25) is 0 Å². The third-order valence-corrected chi connectivity index (χ3v) is 5.74. The number of amides is 1. The summed E-state index contributed by atoms with van der Waals surface area (Å²) in [5.41, 5.74) is 1.61. The standard InChI is InChI=1S/C20H34N4O3/c1-5-6-18-7-19(22(4)21-18)20(26)24-11-16(17(12-24)13-25)10-23-8-14(2)27-15(3)9-23/h7,14-17,25H,5-6,8-13H2,1-4H3. The van der Waals surface area contributed by atoms with E-state index in [0.717, 1.165) is 38.2 Å². The maximum absolute atomic E-state index is 13.0. The van der Waals surface area contributed by atoms with Crippen molar-refractivity contribution in [2.24, 2.45) is 18.9 Å². The highest BCUT2D eigenvalue weighted by atomic mass is 16.5. The number of carbonyl (C=O) groups excluding carboxylic acids is 1. The molecule has 1 aromatic heterocycles. The van der Waals surface area contributed by atoms with E-state index in [9.17, 15) is 9.90 Å². The number of hydrogen-bond acceptors (Lipinski definition) is 5. The van der Waals surface area contributed by atoms with Gasteiger partial charge in [0.1, 0.15) is 5.69 Å². The quantitative estimate of drug-likeness (QED) is 0.804. The number of aliphatic hydroxyl groups is 1. The van der Waals surface area contributed by atoms with Crippen molar-refractivity contribution in [2.75, 3.05) is 39.3 Å². The largest absolute Gasteiger partial charge is 0.396 e. The summed E-state index contributed by atoms with van der Waals surface area (Å²) >= 11 is 0. The average Bonchev–Trinajstić information content (AvgIpc) is 3.17. The highest BCUT2D eigenvalue weighted by Gasteiger charge is 2.37. The number of carbonyl (C=O) groups is 1. The molecule has 0 radical (unpaired) electrons. The fourth-order valence-electron chi connectivity index (χ4n) is 4.55. The third-order valence-electron chi connectivity index (χ3n) is 5.74. The van der Waals surface area contributed by atoms with Crippen LogP contribution in [0.25, 0.3) is 0 Å². The lowest BCUT2D eigenvalue weighted by Crippen LogP contribution is -2.48. The first-order valence-corrected chi connectivity index (χ1v) is 10.2. The van der Waals surface area contributed by atoms with E-state index in [2.05, 4.69) is 30.8 Å². The van der Waals surface area contributed by atoms with Crippen LogP contribution in [0.2, 0.25) is 0 Å². The van der Waals surface area contributed by atoms with Gasteiger partial charge in [0.15, 0.2) is 0 Å². The first-order valence-electron chi connectivity index (χ1n) is 10.2. The molecule has 1 amide bonds. The molecule has 2 saturated heterocycles. The summed E-state index contributed by atoms with van der Waals surface area (Å²) < 4.78 is 7.52. The van der Waals surface area contributed by atoms with Crippen LogP contribution in [0.4, 0.5) is 0 Å². The number of hydrogen-bond donors (Lipinski definition) is 1. The van der Waals surface area contributed by atoms with Gasteiger partial charge in [-0.3, -0.25) is 14.4 Å². The van der Waals surface area contributed by atoms with Gasteiger partial charge < -0.3 is 14.7 Å². The Labute approximate surface area is 162 Å². The first-order chi connectivity index (χ1) is 12.9. The third kappa shape index (κ3) is 4.70. The Balaban J connectivity index is 1.65. The molecule has 27 heavy (non-hydrogen) atoms. The minimum atomic E-state index is 0.0250. The van der Waals surface area contributed by atoms with Crippen LogP contribution in [0.1, 0.15) is 43.4 Å². The van der Waals surface area contributed by atoms with Crippen LogP contribution in [0.5, 0.6) is 0 Å². The molecule has 4 unspecified atom stereocenters. The van der Waals surface area contributed by atoms with Crippen LogP contribution < -0.4 is 0 Å². The topological polar surface area (TPSA) is 70.8 Å². The van der Waals surface area contributed by atoms with Crippen molar-refractivity contribution in [2.45, 2.75) is 45.8 Å². The number of morpholine rings is 1. The predicted molar refractivity (Wildman–Crippen MR) is 104 cm³/mol. The lowest BCUT2D eigenvalue weighted by Gasteiger charge is -2.37. The van der Waals surface area contributed by atoms with E-state index in [4.69, 9.17) is 4.74 Å². The van der Waals surface area contributed by atoms with Crippen LogP contribution in [0.15, 0.2) is 6.07 Å². The molecule has 4 atom stereocenters. The van der Waals surface area contributed by atoms with E-state index in [-0.39, 0.29) is 30.6 Å². The number of ether oxygens (including phenoxy) is 1. The molecule has 7 heteroatoms. The van der Waals surface area contributed by atoms with Gasteiger partial charge >= 0.3 is 0 Å². The van der Waals surface area contributed by atoms with E-state index in [1.807, 2.05) is 18.0 Å². The summed E-state index contributed by atoms with van der Waals surface area (Å²) in [6, 6.07) is 1.92. The SMILES string of the molecule is CCCc1cc(C(=O)N2CC(CO)C(CN3CC(C)OC(C)C3)C2)n(C)n1. The Morgan fingerprint density at radius 3 is 2.52 bits per heavy atom. The lowest BCUT2D eigenvalue weighted by atomic mass is 9.96. The van der Waals surface area contributed by atoms with E-state index in [1.165, 1.54) is 0 Å². The second kappa shape index (κ2) is 8.71. The summed E-state index contributed by atoms with van der Waals surface area (Å²) in [6.45, 7) is 10.5. The lowest BCUT2D eigenvalue weighted by molar-refractivity contribution is -0.0726.